The summed E-state index contributed by atoms with van der Waals surface area (Å²) < 4.78 is 41.9. The van der Waals surface area contributed by atoms with Crippen LogP contribution < -0.4 is 11.1 Å². The summed E-state index contributed by atoms with van der Waals surface area (Å²) in [6.45, 7) is 0.594. The van der Waals surface area contributed by atoms with E-state index in [1.165, 1.54) is 6.07 Å². The van der Waals surface area contributed by atoms with Crippen molar-refractivity contribution in [2.45, 2.75) is 12.7 Å². The lowest BCUT2D eigenvalue weighted by Gasteiger charge is -2.08. The standard InChI is InChI=1S/C23H17F3N4O2/c24-23(25,26)12-5-6-18-14(9-12)16(11-30(18)8-7-27)20-19(21(31)29-22(20)32)15-10-28-17-4-2-1-3-13(15)17/h1-6,9-11,28H,7-8,27H2,(H,29,31,32). The van der Waals surface area contributed by atoms with Crippen molar-refractivity contribution in [3.8, 4) is 0 Å². The van der Waals surface area contributed by atoms with Crippen molar-refractivity contribution in [1.82, 2.24) is 14.9 Å². The summed E-state index contributed by atoms with van der Waals surface area (Å²) in [6, 6.07) is 10.6. The predicted octanol–water partition coefficient (Wildman–Crippen LogP) is 3.67. The van der Waals surface area contributed by atoms with Gasteiger partial charge in [-0.3, -0.25) is 14.9 Å². The maximum Gasteiger partial charge on any atom is 0.416 e. The van der Waals surface area contributed by atoms with E-state index in [4.69, 9.17) is 5.73 Å². The normalized spacial score (nSPS) is 14.8. The van der Waals surface area contributed by atoms with Crippen LogP contribution in [0.25, 0.3) is 33.0 Å². The molecule has 1 aliphatic heterocycles. The molecule has 6 nitrogen and oxygen atoms in total. The maximum atomic E-state index is 13.4. The molecule has 4 N–H and O–H groups in total. The van der Waals surface area contributed by atoms with Crippen LogP contribution in [0, 0.1) is 0 Å². The highest BCUT2D eigenvalue weighted by Crippen LogP contribution is 2.40. The number of carbonyl (C=O) groups is 2. The lowest BCUT2D eigenvalue weighted by atomic mass is 9.95. The van der Waals surface area contributed by atoms with E-state index >= 15 is 0 Å². The van der Waals surface area contributed by atoms with Crippen LogP contribution in [0.3, 0.4) is 0 Å². The zero-order valence-corrected chi connectivity index (χ0v) is 16.6. The van der Waals surface area contributed by atoms with E-state index in [-0.39, 0.29) is 28.6 Å². The molecule has 0 atom stereocenters. The summed E-state index contributed by atoms with van der Waals surface area (Å²) in [7, 11) is 0. The van der Waals surface area contributed by atoms with Crippen LogP contribution >= 0.6 is 0 Å². The van der Waals surface area contributed by atoms with Gasteiger partial charge in [0.2, 0.25) is 0 Å². The van der Waals surface area contributed by atoms with Crippen LogP contribution in [0.15, 0.2) is 54.9 Å². The summed E-state index contributed by atoms with van der Waals surface area (Å²) in [5, 5.41) is 3.25. The highest BCUT2D eigenvalue weighted by molar-refractivity contribution is 6.50. The third kappa shape index (κ3) is 3.01. The van der Waals surface area contributed by atoms with Gasteiger partial charge in [0.15, 0.2) is 0 Å². The number of carbonyl (C=O) groups excluding carboxylic acids is 2. The van der Waals surface area contributed by atoms with Crippen LogP contribution in [0.1, 0.15) is 16.7 Å². The number of rotatable bonds is 4. The van der Waals surface area contributed by atoms with Crippen molar-refractivity contribution in [2.75, 3.05) is 6.54 Å². The Hall–Kier alpha value is -3.85. The first kappa shape index (κ1) is 20.1. The van der Waals surface area contributed by atoms with Crippen molar-refractivity contribution < 1.29 is 22.8 Å². The molecule has 3 heterocycles. The van der Waals surface area contributed by atoms with E-state index < -0.39 is 23.6 Å². The number of nitrogens with zero attached hydrogens (tertiary/aromatic N) is 1. The summed E-state index contributed by atoms with van der Waals surface area (Å²) in [4.78, 5) is 28.7. The molecule has 2 amide bonds. The monoisotopic (exact) mass is 438 g/mol. The lowest BCUT2D eigenvalue weighted by molar-refractivity contribution is -0.137. The first-order chi connectivity index (χ1) is 15.3. The Labute approximate surface area is 179 Å². The molecule has 0 spiro atoms. The highest BCUT2D eigenvalue weighted by Gasteiger charge is 2.36. The van der Waals surface area contributed by atoms with Crippen LogP contribution in [-0.2, 0) is 22.3 Å². The van der Waals surface area contributed by atoms with Crippen LogP contribution in [0.2, 0.25) is 0 Å². The number of para-hydroxylation sites is 1. The number of H-pyrrole nitrogens is 1. The molecule has 9 heteroatoms. The number of hydrogen-bond donors (Lipinski definition) is 3. The minimum atomic E-state index is -4.55. The molecule has 162 valence electrons. The van der Waals surface area contributed by atoms with Crippen molar-refractivity contribution >= 4 is 44.8 Å². The second kappa shape index (κ2) is 7.10. The van der Waals surface area contributed by atoms with Gasteiger partial charge in [0.05, 0.1) is 16.7 Å². The van der Waals surface area contributed by atoms with Gasteiger partial charge in [-0.2, -0.15) is 13.2 Å². The number of alkyl halides is 3. The molecule has 4 aromatic rings. The van der Waals surface area contributed by atoms with Gasteiger partial charge in [-0.25, -0.2) is 0 Å². The minimum absolute atomic E-state index is 0.0415. The van der Waals surface area contributed by atoms with Gasteiger partial charge >= 0.3 is 6.18 Å². The smallest absolute Gasteiger partial charge is 0.361 e. The molecular formula is C23H17F3N4O2. The SMILES string of the molecule is NCCn1cc(C2=C(c3c[nH]c4ccccc34)C(=O)NC2=O)c2cc(C(F)(F)F)ccc21. The number of nitrogens with two attached hydrogens (primary N) is 1. The number of halogens is 3. The van der Waals surface area contributed by atoms with E-state index in [9.17, 15) is 22.8 Å². The van der Waals surface area contributed by atoms with E-state index in [1.807, 2.05) is 12.1 Å². The Bertz CT molecular complexity index is 1440. The molecule has 0 saturated heterocycles. The van der Waals surface area contributed by atoms with Crippen molar-refractivity contribution in [1.29, 1.82) is 0 Å². The fourth-order valence-corrected chi connectivity index (χ4v) is 4.24. The summed E-state index contributed by atoms with van der Waals surface area (Å²) in [6.07, 6.45) is -1.35. The van der Waals surface area contributed by atoms with Gasteiger partial charge in [-0.15, -0.1) is 0 Å². The van der Waals surface area contributed by atoms with E-state index in [0.29, 0.717) is 17.6 Å². The number of benzene rings is 2. The Kier molecular flexibility index (Phi) is 4.45. The van der Waals surface area contributed by atoms with E-state index in [2.05, 4.69) is 10.3 Å². The van der Waals surface area contributed by atoms with Crippen LogP contribution in [0.4, 0.5) is 13.2 Å². The molecule has 2 aromatic heterocycles. The number of amides is 2. The van der Waals surface area contributed by atoms with Crippen molar-refractivity contribution in [2.24, 2.45) is 5.73 Å². The number of aromatic amines is 1. The molecule has 0 saturated carbocycles. The van der Waals surface area contributed by atoms with Gasteiger partial charge in [-0.05, 0) is 24.3 Å². The first-order valence-corrected chi connectivity index (χ1v) is 9.86. The summed E-state index contributed by atoms with van der Waals surface area (Å²) in [5.41, 5.74) is 7.03. The highest BCUT2D eigenvalue weighted by atomic mass is 19.4. The zero-order chi connectivity index (χ0) is 22.6. The van der Waals surface area contributed by atoms with Crippen LogP contribution in [0.5, 0.6) is 0 Å². The topological polar surface area (TPSA) is 92.9 Å². The molecular weight excluding hydrogens is 421 g/mol. The van der Waals surface area contributed by atoms with E-state index in [1.54, 1.807) is 29.1 Å². The van der Waals surface area contributed by atoms with Gasteiger partial charge in [0.25, 0.3) is 11.8 Å². The average molecular weight is 438 g/mol. The van der Waals surface area contributed by atoms with Gasteiger partial charge < -0.3 is 15.3 Å². The molecule has 0 radical (unpaired) electrons. The molecule has 2 aromatic carbocycles. The molecule has 0 fully saturated rings. The molecule has 0 unspecified atom stereocenters. The van der Waals surface area contributed by atoms with Crippen molar-refractivity contribution in [3.05, 3.63) is 71.5 Å². The largest absolute Gasteiger partial charge is 0.416 e. The molecule has 5 rings (SSSR count). The Balaban J connectivity index is 1.84. The lowest BCUT2D eigenvalue weighted by Crippen LogP contribution is -2.22. The van der Waals surface area contributed by atoms with Crippen molar-refractivity contribution in [3.63, 3.8) is 0 Å². The molecule has 0 bridgehead atoms. The summed E-state index contributed by atoms with van der Waals surface area (Å²) in [5.74, 6) is -1.25. The number of fused-ring (bicyclic) bond motifs is 2. The van der Waals surface area contributed by atoms with Gasteiger partial charge in [0.1, 0.15) is 0 Å². The number of hydrogen-bond acceptors (Lipinski definition) is 3. The second-order valence-electron chi connectivity index (χ2n) is 7.54. The fourth-order valence-electron chi connectivity index (χ4n) is 4.24. The summed E-state index contributed by atoms with van der Waals surface area (Å²) >= 11 is 0. The van der Waals surface area contributed by atoms with Gasteiger partial charge in [-0.1, -0.05) is 18.2 Å². The first-order valence-electron chi connectivity index (χ1n) is 9.86. The number of nitrogens with one attached hydrogen (secondary N) is 2. The fraction of sp³-hybridized carbons (Fsp3) is 0.130. The molecule has 0 aliphatic carbocycles. The molecule has 1 aliphatic rings. The maximum absolute atomic E-state index is 13.4. The minimum Gasteiger partial charge on any atom is -0.361 e. The predicted molar refractivity (Wildman–Crippen MR) is 114 cm³/mol. The zero-order valence-electron chi connectivity index (χ0n) is 16.6. The third-order valence-electron chi connectivity index (χ3n) is 5.64. The third-order valence-corrected chi connectivity index (χ3v) is 5.64. The van der Waals surface area contributed by atoms with Gasteiger partial charge in [0, 0.05) is 58.4 Å². The van der Waals surface area contributed by atoms with Crippen LogP contribution in [-0.4, -0.2) is 27.9 Å². The Morgan fingerprint density at radius 3 is 2.38 bits per heavy atom. The van der Waals surface area contributed by atoms with E-state index in [0.717, 1.165) is 23.0 Å². The Morgan fingerprint density at radius 2 is 1.66 bits per heavy atom. The Morgan fingerprint density at radius 1 is 0.938 bits per heavy atom. The number of aromatic nitrogens is 2. The average Bonchev–Trinajstić information content (AvgIpc) is 3.40. The second-order valence-corrected chi connectivity index (χ2v) is 7.54. The molecule has 32 heavy (non-hydrogen) atoms. The number of imide groups is 1. The quantitative estimate of drug-likeness (QED) is 0.425.